The number of phenolic OH excluding ortho intramolecular Hbond substituents is 2. The molecular formula is C21H25N3O7. The highest BCUT2D eigenvalue weighted by molar-refractivity contribution is 5.89. The minimum absolute atomic E-state index is 0.00151. The highest BCUT2D eigenvalue weighted by atomic mass is 16.5. The molecule has 0 fully saturated rings. The molecule has 0 saturated carbocycles. The first-order chi connectivity index (χ1) is 14.8. The Morgan fingerprint density at radius 2 is 1.71 bits per heavy atom. The SMILES string of the molecule is NCCC(NC(=O)OCc1ccccc1)C(=O)NC(Cc1ccc(O)cc1O)C(=O)O. The van der Waals surface area contributed by atoms with Crippen molar-refractivity contribution in [2.75, 3.05) is 6.54 Å². The van der Waals surface area contributed by atoms with Crippen LogP contribution in [0.15, 0.2) is 48.5 Å². The van der Waals surface area contributed by atoms with Crippen LogP contribution in [0, 0.1) is 0 Å². The molecule has 2 aromatic rings. The van der Waals surface area contributed by atoms with Gasteiger partial charge in [-0.15, -0.1) is 0 Å². The Morgan fingerprint density at radius 1 is 1.00 bits per heavy atom. The molecule has 0 heterocycles. The third-order valence-corrected chi connectivity index (χ3v) is 4.38. The van der Waals surface area contributed by atoms with E-state index in [-0.39, 0.29) is 43.1 Å². The van der Waals surface area contributed by atoms with Crippen LogP contribution in [-0.2, 0) is 27.4 Å². The monoisotopic (exact) mass is 431 g/mol. The summed E-state index contributed by atoms with van der Waals surface area (Å²) in [6.07, 6.45) is -1.02. The van der Waals surface area contributed by atoms with Crippen LogP contribution in [0.3, 0.4) is 0 Å². The first-order valence-corrected chi connectivity index (χ1v) is 9.51. The summed E-state index contributed by atoms with van der Waals surface area (Å²) in [7, 11) is 0. The van der Waals surface area contributed by atoms with E-state index in [4.69, 9.17) is 10.5 Å². The first kappa shape index (κ1) is 23.5. The molecule has 0 spiro atoms. The lowest BCUT2D eigenvalue weighted by Gasteiger charge is -2.21. The van der Waals surface area contributed by atoms with Gasteiger partial charge >= 0.3 is 12.1 Å². The molecule has 0 bridgehead atoms. The highest BCUT2D eigenvalue weighted by Crippen LogP contribution is 2.23. The van der Waals surface area contributed by atoms with Crippen molar-refractivity contribution in [3.05, 3.63) is 59.7 Å². The number of benzene rings is 2. The molecule has 0 aliphatic rings. The van der Waals surface area contributed by atoms with E-state index >= 15 is 0 Å². The summed E-state index contributed by atoms with van der Waals surface area (Å²) in [6.45, 7) is 0.0645. The molecule has 31 heavy (non-hydrogen) atoms. The number of hydrogen-bond donors (Lipinski definition) is 6. The van der Waals surface area contributed by atoms with Crippen LogP contribution in [-0.4, -0.2) is 51.9 Å². The second-order valence-electron chi connectivity index (χ2n) is 6.75. The summed E-state index contributed by atoms with van der Waals surface area (Å²) in [5, 5.41) is 33.4. The zero-order chi connectivity index (χ0) is 22.8. The van der Waals surface area contributed by atoms with Gasteiger partial charge in [0, 0.05) is 12.5 Å². The van der Waals surface area contributed by atoms with Gasteiger partial charge in [0.1, 0.15) is 30.2 Å². The predicted molar refractivity (Wildman–Crippen MR) is 110 cm³/mol. The van der Waals surface area contributed by atoms with E-state index in [1.165, 1.54) is 12.1 Å². The van der Waals surface area contributed by atoms with Gasteiger partial charge in [-0.05, 0) is 30.2 Å². The molecule has 7 N–H and O–H groups in total. The van der Waals surface area contributed by atoms with Crippen LogP contribution in [0.25, 0.3) is 0 Å². The maximum atomic E-state index is 12.6. The number of alkyl carbamates (subject to hydrolysis) is 1. The second kappa shape index (κ2) is 11.4. The molecule has 2 atom stereocenters. The number of nitrogens with one attached hydrogen (secondary N) is 2. The smallest absolute Gasteiger partial charge is 0.408 e. The van der Waals surface area contributed by atoms with Crippen LogP contribution in [0.1, 0.15) is 17.5 Å². The van der Waals surface area contributed by atoms with E-state index < -0.39 is 30.1 Å². The minimum atomic E-state index is -1.38. The van der Waals surface area contributed by atoms with Gasteiger partial charge in [0.15, 0.2) is 0 Å². The van der Waals surface area contributed by atoms with Gasteiger partial charge in [-0.3, -0.25) is 4.79 Å². The van der Waals surface area contributed by atoms with Crippen LogP contribution in [0.5, 0.6) is 11.5 Å². The molecular weight excluding hydrogens is 406 g/mol. The molecule has 10 heteroatoms. The molecule has 2 aromatic carbocycles. The molecule has 0 aromatic heterocycles. The van der Waals surface area contributed by atoms with E-state index in [2.05, 4.69) is 10.6 Å². The van der Waals surface area contributed by atoms with Crippen molar-refractivity contribution in [1.82, 2.24) is 10.6 Å². The average molecular weight is 431 g/mol. The zero-order valence-corrected chi connectivity index (χ0v) is 16.7. The van der Waals surface area contributed by atoms with Gasteiger partial charge in [-0.2, -0.15) is 0 Å². The van der Waals surface area contributed by atoms with E-state index in [1.807, 2.05) is 6.07 Å². The number of ether oxygens (including phenoxy) is 1. The van der Waals surface area contributed by atoms with Crippen molar-refractivity contribution in [2.45, 2.75) is 31.5 Å². The van der Waals surface area contributed by atoms with Crippen LogP contribution in [0.4, 0.5) is 4.79 Å². The summed E-state index contributed by atoms with van der Waals surface area (Å²) in [4.78, 5) is 36.2. The van der Waals surface area contributed by atoms with Crippen LogP contribution < -0.4 is 16.4 Å². The summed E-state index contributed by atoms with van der Waals surface area (Å²) in [6, 6.07) is 10.2. The molecule has 10 nitrogen and oxygen atoms in total. The molecule has 2 rings (SSSR count). The lowest BCUT2D eigenvalue weighted by molar-refractivity contribution is -0.142. The predicted octanol–water partition coefficient (Wildman–Crippen LogP) is 0.853. The summed E-state index contributed by atoms with van der Waals surface area (Å²) in [5.74, 6) is -2.58. The lowest BCUT2D eigenvalue weighted by atomic mass is 10.0. The number of carboxylic acids is 1. The van der Waals surface area contributed by atoms with Crippen LogP contribution in [0.2, 0.25) is 0 Å². The fourth-order valence-electron chi connectivity index (χ4n) is 2.76. The number of carboxylic acid groups (broad SMARTS) is 1. The topological polar surface area (TPSA) is 171 Å². The number of aromatic hydroxyl groups is 2. The van der Waals surface area contributed by atoms with E-state index in [9.17, 15) is 29.7 Å². The number of amides is 2. The number of carbonyl (C=O) groups excluding carboxylic acids is 2. The molecule has 0 radical (unpaired) electrons. The number of rotatable bonds is 10. The average Bonchev–Trinajstić information content (AvgIpc) is 2.73. The van der Waals surface area contributed by atoms with Crippen molar-refractivity contribution < 1.29 is 34.4 Å². The molecule has 2 unspecified atom stereocenters. The van der Waals surface area contributed by atoms with Gasteiger partial charge in [0.25, 0.3) is 0 Å². The maximum absolute atomic E-state index is 12.6. The first-order valence-electron chi connectivity index (χ1n) is 9.51. The van der Waals surface area contributed by atoms with Crippen molar-refractivity contribution in [1.29, 1.82) is 0 Å². The van der Waals surface area contributed by atoms with E-state index in [0.717, 1.165) is 11.6 Å². The Morgan fingerprint density at radius 3 is 2.32 bits per heavy atom. The van der Waals surface area contributed by atoms with Gasteiger partial charge in [-0.25, -0.2) is 9.59 Å². The lowest BCUT2D eigenvalue weighted by Crippen LogP contribution is -2.52. The molecule has 2 amide bonds. The zero-order valence-electron chi connectivity index (χ0n) is 16.7. The Labute approximate surface area is 178 Å². The van der Waals surface area contributed by atoms with Crippen molar-refractivity contribution in [3.63, 3.8) is 0 Å². The van der Waals surface area contributed by atoms with Crippen molar-refractivity contribution >= 4 is 18.0 Å². The van der Waals surface area contributed by atoms with E-state index in [1.54, 1.807) is 24.3 Å². The number of hydrogen-bond acceptors (Lipinski definition) is 7. The quantitative estimate of drug-likeness (QED) is 0.321. The fourth-order valence-corrected chi connectivity index (χ4v) is 2.76. The highest BCUT2D eigenvalue weighted by Gasteiger charge is 2.27. The molecule has 0 saturated heterocycles. The van der Waals surface area contributed by atoms with E-state index in [0.29, 0.717) is 0 Å². The van der Waals surface area contributed by atoms with Crippen LogP contribution >= 0.6 is 0 Å². The molecule has 166 valence electrons. The number of nitrogens with two attached hydrogens (primary N) is 1. The Kier molecular flexibility index (Phi) is 8.64. The Balaban J connectivity index is 1.99. The van der Waals surface area contributed by atoms with Gasteiger partial charge in [-0.1, -0.05) is 36.4 Å². The number of phenols is 2. The summed E-state index contributed by atoms with van der Waals surface area (Å²) < 4.78 is 5.09. The Bertz CT molecular complexity index is 905. The normalized spacial score (nSPS) is 12.4. The third kappa shape index (κ3) is 7.52. The molecule has 0 aliphatic carbocycles. The second-order valence-corrected chi connectivity index (χ2v) is 6.75. The van der Waals surface area contributed by atoms with Gasteiger partial charge in [0.2, 0.25) is 5.91 Å². The maximum Gasteiger partial charge on any atom is 0.408 e. The van der Waals surface area contributed by atoms with Gasteiger partial charge in [0.05, 0.1) is 0 Å². The summed E-state index contributed by atoms with van der Waals surface area (Å²) in [5.41, 5.74) is 6.49. The minimum Gasteiger partial charge on any atom is -0.508 e. The molecule has 0 aliphatic heterocycles. The fraction of sp³-hybridized carbons (Fsp3) is 0.286. The van der Waals surface area contributed by atoms with Gasteiger partial charge < -0.3 is 36.4 Å². The summed E-state index contributed by atoms with van der Waals surface area (Å²) >= 11 is 0. The van der Waals surface area contributed by atoms with Crippen molar-refractivity contribution in [3.8, 4) is 11.5 Å². The Hall–Kier alpha value is -3.79. The standard InChI is InChI=1S/C21H25N3O7/c22-9-8-16(24-21(30)31-12-13-4-2-1-3-5-13)19(27)23-17(20(28)29)10-14-6-7-15(25)11-18(14)26/h1-7,11,16-17,25-26H,8-10,12,22H2,(H,23,27)(H,24,30)(H,28,29). The van der Waals surface area contributed by atoms with Crippen molar-refractivity contribution in [2.24, 2.45) is 5.73 Å². The third-order valence-electron chi connectivity index (χ3n) is 4.38. The largest absolute Gasteiger partial charge is 0.508 e. The number of aliphatic carboxylic acids is 1. The number of carbonyl (C=O) groups is 3.